The van der Waals surface area contributed by atoms with E-state index in [9.17, 15) is 19.5 Å². The highest BCUT2D eigenvalue weighted by molar-refractivity contribution is 6.99. The van der Waals surface area contributed by atoms with E-state index >= 15 is 0 Å². The monoisotopic (exact) mass is 679 g/mol. The number of carbonyl (C=O) groups is 3. The quantitative estimate of drug-likeness (QED) is 0.162. The van der Waals surface area contributed by atoms with Crippen LogP contribution in [0.3, 0.4) is 0 Å². The van der Waals surface area contributed by atoms with Gasteiger partial charge >= 0.3 is 6.09 Å². The molecule has 2 fully saturated rings. The van der Waals surface area contributed by atoms with Crippen molar-refractivity contribution in [2.24, 2.45) is 17.8 Å². The van der Waals surface area contributed by atoms with E-state index in [-0.39, 0.29) is 36.0 Å². The summed E-state index contributed by atoms with van der Waals surface area (Å²) in [5.41, 5.74) is 3.82. The Bertz CT molecular complexity index is 1740. The normalized spacial score (nSPS) is 22.7. The number of nitrogens with zero attached hydrogens (tertiary/aromatic N) is 1. The summed E-state index contributed by atoms with van der Waals surface area (Å²) in [4.78, 5) is 40.7. The molecule has 6 rings (SSSR count). The van der Waals surface area contributed by atoms with Crippen LogP contribution < -0.4 is 10.4 Å². The maximum Gasteiger partial charge on any atom is 0.423 e. The summed E-state index contributed by atoms with van der Waals surface area (Å²) < 4.78 is 18.7. The second-order valence-electron chi connectivity index (χ2n) is 14.3. The van der Waals surface area contributed by atoms with Crippen LogP contribution in [0.5, 0.6) is 5.75 Å². The maximum atomic E-state index is 13.7. The predicted molar refractivity (Wildman–Crippen MR) is 191 cm³/mol. The number of rotatable bonds is 9. The van der Waals surface area contributed by atoms with Gasteiger partial charge in [0, 0.05) is 11.5 Å². The molecule has 0 spiro atoms. The van der Waals surface area contributed by atoms with Crippen LogP contribution in [-0.4, -0.2) is 62.7 Å². The lowest BCUT2D eigenvalue weighted by Crippen LogP contribution is -2.66. The molecule has 0 radical (unpaired) electrons. The highest BCUT2D eigenvalue weighted by atomic mass is 28.4. The summed E-state index contributed by atoms with van der Waals surface area (Å²) in [6, 6.07) is 28.1. The molecule has 3 aliphatic rings. The van der Waals surface area contributed by atoms with Gasteiger partial charge in [-0.25, -0.2) is 4.79 Å². The third-order valence-corrected chi connectivity index (χ3v) is 15.4. The largest absolute Gasteiger partial charge is 0.507 e. The van der Waals surface area contributed by atoms with E-state index < -0.39 is 38.1 Å². The molecule has 256 valence electrons. The first-order valence-corrected chi connectivity index (χ1v) is 18.9. The Kier molecular flexibility index (Phi) is 9.80. The molecule has 0 unspecified atom stereocenters. The molecule has 3 amide bonds. The summed E-state index contributed by atoms with van der Waals surface area (Å²) >= 11 is 0. The second-order valence-corrected chi connectivity index (χ2v) is 18.7. The number of imide groups is 3. The molecule has 0 bridgehead atoms. The maximum absolute atomic E-state index is 13.7. The molecule has 2 saturated heterocycles. The van der Waals surface area contributed by atoms with Crippen molar-refractivity contribution in [2.75, 3.05) is 20.3 Å². The summed E-state index contributed by atoms with van der Waals surface area (Å²) in [5, 5.41) is 12.3. The van der Waals surface area contributed by atoms with Gasteiger partial charge in [0.2, 0.25) is 11.8 Å². The number of para-hydroxylation sites is 1. The second kappa shape index (κ2) is 13.9. The number of methoxy groups -OCH3 is 1. The van der Waals surface area contributed by atoms with E-state index in [1.807, 2.05) is 61.5 Å². The molecule has 2 heterocycles. The molecule has 1 aliphatic carbocycles. The summed E-state index contributed by atoms with van der Waals surface area (Å²) in [5.74, 6) is -2.55. The number of amides is 3. The van der Waals surface area contributed by atoms with E-state index in [1.165, 1.54) is 7.11 Å². The van der Waals surface area contributed by atoms with Crippen LogP contribution in [-0.2, 0) is 23.5 Å². The van der Waals surface area contributed by atoms with Crippen molar-refractivity contribution in [1.82, 2.24) is 4.90 Å². The smallest absolute Gasteiger partial charge is 0.423 e. The number of allylic oxidation sites excluding steroid dienone is 1. The minimum atomic E-state index is -2.93. The van der Waals surface area contributed by atoms with Crippen LogP contribution in [0.2, 0.25) is 5.04 Å². The van der Waals surface area contributed by atoms with Gasteiger partial charge in [-0.15, -0.1) is 0 Å². The number of hydrogen-bond donors (Lipinski definition) is 1. The molecular formula is C40H45NO7Si. The van der Waals surface area contributed by atoms with Crippen molar-refractivity contribution >= 4 is 42.7 Å². The summed E-state index contributed by atoms with van der Waals surface area (Å²) in [6.07, 6.45) is 2.41. The lowest BCUT2D eigenvalue weighted by Gasteiger charge is -2.44. The van der Waals surface area contributed by atoms with Gasteiger partial charge in [0.1, 0.15) is 5.75 Å². The van der Waals surface area contributed by atoms with Crippen LogP contribution in [0.4, 0.5) is 4.79 Å². The molecule has 3 aromatic carbocycles. The Balaban J connectivity index is 1.39. The standard InChI is InChI=1S/C40H45NO7Si/c1-26(22-27-14-12-13-19-33(27)42)20-21-34-35-28(23-31-36(32(35)25-47-34)38(44)41(37(31)43)39(45)46-5)24-48-49(40(2,3)4,29-15-8-6-9-16-29)30-17-10-7-11-18-30/h6-19,22,31-32,34,36,42H,20-21,23-25H2,1-5H3/b26-22+/t31-,32+,34-,36-/m1/s1. The zero-order chi connectivity index (χ0) is 34.9. The third kappa shape index (κ3) is 6.31. The minimum Gasteiger partial charge on any atom is -0.507 e. The molecule has 49 heavy (non-hydrogen) atoms. The number of carbonyl (C=O) groups excluding carboxylic acids is 3. The Morgan fingerprint density at radius 1 is 0.939 bits per heavy atom. The zero-order valence-electron chi connectivity index (χ0n) is 28.8. The Hall–Kier alpha value is -4.31. The van der Waals surface area contributed by atoms with Crippen molar-refractivity contribution in [3.8, 4) is 5.75 Å². The Morgan fingerprint density at radius 3 is 2.14 bits per heavy atom. The van der Waals surface area contributed by atoms with Gasteiger partial charge in [0.15, 0.2) is 0 Å². The van der Waals surface area contributed by atoms with Crippen molar-refractivity contribution in [3.63, 3.8) is 0 Å². The first kappa shape index (κ1) is 34.5. The van der Waals surface area contributed by atoms with Crippen LogP contribution in [0.15, 0.2) is 102 Å². The molecule has 4 atom stereocenters. The molecular weight excluding hydrogens is 635 g/mol. The van der Waals surface area contributed by atoms with Crippen LogP contribution in [0.25, 0.3) is 6.08 Å². The summed E-state index contributed by atoms with van der Waals surface area (Å²) in [7, 11) is -1.75. The van der Waals surface area contributed by atoms with E-state index in [0.29, 0.717) is 24.2 Å². The number of phenolic OH excluding ortho intramolecular Hbond substituents is 1. The Labute approximate surface area is 289 Å². The minimum absolute atomic E-state index is 0.224. The van der Waals surface area contributed by atoms with Gasteiger partial charge in [0.05, 0.1) is 38.3 Å². The van der Waals surface area contributed by atoms with Gasteiger partial charge in [-0.05, 0) is 58.8 Å². The van der Waals surface area contributed by atoms with Crippen molar-refractivity contribution in [3.05, 3.63) is 107 Å². The first-order valence-electron chi connectivity index (χ1n) is 17.0. The number of aromatic hydroxyl groups is 1. The summed E-state index contributed by atoms with van der Waals surface area (Å²) in [6.45, 7) is 9.27. The molecule has 0 aromatic heterocycles. The number of phenols is 1. The topological polar surface area (TPSA) is 102 Å². The van der Waals surface area contributed by atoms with E-state index in [0.717, 1.165) is 32.7 Å². The van der Waals surface area contributed by atoms with Crippen LogP contribution in [0, 0.1) is 17.8 Å². The molecule has 0 saturated carbocycles. The highest BCUT2D eigenvalue weighted by Gasteiger charge is 2.59. The molecule has 9 heteroatoms. The van der Waals surface area contributed by atoms with E-state index in [2.05, 4.69) is 45.0 Å². The lowest BCUT2D eigenvalue weighted by molar-refractivity contribution is -0.137. The number of hydrogen-bond acceptors (Lipinski definition) is 7. The fourth-order valence-electron chi connectivity index (χ4n) is 8.14. The third-order valence-electron chi connectivity index (χ3n) is 10.4. The Morgan fingerprint density at radius 2 is 1.55 bits per heavy atom. The highest BCUT2D eigenvalue weighted by Crippen LogP contribution is 2.50. The number of likely N-dealkylation sites (tertiary alicyclic amines) is 1. The average Bonchev–Trinajstić information content (AvgIpc) is 3.63. The van der Waals surface area contributed by atoms with Gasteiger partial charge < -0.3 is 19.0 Å². The van der Waals surface area contributed by atoms with Crippen LogP contribution >= 0.6 is 0 Å². The van der Waals surface area contributed by atoms with Crippen molar-refractivity contribution < 1.29 is 33.4 Å². The van der Waals surface area contributed by atoms with Crippen molar-refractivity contribution in [1.29, 1.82) is 0 Å². The zero-order valence-corrected chi connectivity index (χ0v) is 29.8. The van der Waals surface area contributed by atoms with Crippen LogP contribution in [0.1, 0.15) is 52.5 Å². The first-order chi connectivity index (χ1) is 23.5. The molecule has 2 aliphatic heterocycles. The van der Waals surface area contributed by atoms with Gasteiger partial charge in [-0.3, -0.25) is 9.59 Å². The average molecular weight is 680 g/mol. The number of benzene rings is 3. The van der Waals surface area contributed by atoms with Crippen molar-refractivity contribution in [2.45, 2.75) is 58.1 Å². The predicted octanol–water partition coefficient (Wildman–Crippen LogP) is 6.24. The SMILES string of the molecule is COC(=O)N1C(=O)[C@@H]2[C@@H](CC(CO[Si](c3ccccc3)(c3ccccc3)C(C)(C)C)=C3[C@@H](CC/C(C)=C/c4ccccc4O)OC[C@@H]32)C1=O. The molecule has 3 aromatic rings. The lowest BCUT2D eigenvalue weighted by atomic mass is 9.69. The fourth-order valence-corrected chi connectivity index (χ4v) is 12.7. The fraction of sp³-hybridized carbons (Fsp3) is 0.375. The number of fused-ring (bicyclic) bond motifs is 3. The van der Waals surface area contributed by atoms with E-state index in [1.54, 1.807) is 12.1 Å². The van der Waals surface area contributed by atoms with Gasteiger partial charge in [0.25, 0.3) is 8.32 Å². The number of ether oxygens (including phenoxy) is 2. The van der Waals surface area contributed by atoms with Gasteiger partial charge in [-0.2, -0.15) is 4.90 Å². The molecule has 1 N–H and O–H groups in total. The molecule has 8 nitrogen and oxygen atoms in total. The van der Waals surface area contributed by atoms with E-state index in [4.69, 9.17) is 13.9 Å². The van der Waals surface area contributed by atoms with Gasteiger partial charge in [-0.1, -0.05) is 111 Å².